The lowest BCUT2D eigenvalue weighted by molar-refractivity contribution is -0.141. The second kappa shape index (κ2) is 16.4. The number of sulfonamides is 1. The molecular weight excluding hydrogens is 701 g/mol. The molecule has 2 aliphatic heterocycles. The van der Waals surface area contributed by atoms with Crippen molar-refractivity contribution in [2.45, 2.75) is 128 Å². The number of carbonyl (C=O) groups excluding carboxylic acids is 6. The number of hydrogen-bond acceptors (Lipinski definition) is 10. The Morgan fingerprint density at radius 1 is 1.04 bits per heavy atom. The first-order valence-corrected chi connectivity index (χ1v) is 18.9. The van der Waals surface area contributed by atoms with Gasteiger partial charge < -0.3 is 25.0 Å². The molecule has 1 saturated carbocycles. The molecule has 15 nitrogen and oxygen atoms in total. The molecule has 0 radical (unpaired) electrons. The molecule has 17 heteroatoms. The number of ether oxygens (including phenoxy) is 2. The zero-order chi connectivity index (χ0) is 38.5. The molecule has 4 rings (SSSR count). The third-order valence-corrected chi connectivity index (χ3v) is 10.4. The Balaban J connectivity index is 1.59. The highest BCUT2D eigenvalue weighted by atomic mass is 32.2. The molecular formula is C35H48FN5O10S. The van der Waals surface area contributed by atoms with Crippen LogP contribution in [0.3, 0.4) is 0 Å². The van der Waals surface area contributed by atoms with Crippen LogP contribution in [0.4, 0.5) is 14.0 Å². The zero-order valence-electron chi connectivity index (χ0n) is 30.3. The number of nitrogens with one attached hydrogen (secondary N) is 3. The Labute approximate surface area is 303 Å². The van der Waals surface area contributed by atoms with Gasteiger partial charge in [0, 0.05) is 24.9 Å². The van der Waals surface area contributed by atoms with Gasteiger partial charge in [0.2, 0.25) is 21.8 Å². The minimum Gasteiger partial charge on any atom is -0.444 e. The van der Waals surface area contributed by atoms with E-state index in [0.717, 1.165) is 4.90 Å². The average molecular weight is 750 g/mol. The number of allylic oxidation sites excluding steroid dienone is 2. The maximum absolute atomic E-state index is 14.4. The van der Waals surface area contributed by atoms with E-state index < -0.39 is 93.0 Å². The number of carbonyl (C=O) groups is 6. The molecule has 2 fully saturated rings. The highest BCUT2D eigenvalue weighted by Crippen LogP contribution is 2.29. The summed E-state index contributed by atoms with van der Waals surface area (Å²) in [5, 5.41) is 4.31. The van der Waals surface area contributed by atoms with Gasteiger partial charge in [0.25, 0.3) is 5.91 Å². The van der Waals surface area contributed by atoms with Gasteiger partial charge in [-0.15, -0.1) is 0 Å². The van der Waals surface area contributed by atoms with Crippen molar-refractivity contribution in [3.05, 3.63) is 46.8 Å². The molecule has 4 atom stereocenters. The number of hydrogen-bond donors (Lipinski definition) is 3. The fourth-order valence-electron chi connectivity index (χ4n) is 6.03. The first-order valence-electron chi connectivity index (χ1n) is 17.3. The Bertz CT molecular complexity index is 1720. The second-order valence-electron chi connectivity index (χ2n) is 14.6. The van der Waals surface area contributed by atoms with Gasteiger partial charge in [-0.05, 0) is 71.6 Å². The van der Waals surface area contributed by atoms with Crippen molar-refractivity contribution in [2.75, 3.05) is 6.54 Å². The lowest BCUT2D eigenvalue weighted by atomic mass is 10.1. The number of likely N-dealkylation sites (tertiary alicyclic amines) is 1. The first kappa shape index (κ1) is 40.2. The van der Waals surface area contributed by atoms with Crippen LogP contribution < -0.4 is 15.4 Å². The van der Waals surface area contributed by atoms with Crippen LogP contribution in [0.1, 0.15) is 91.2 Å². The fraction of sp³-hybridized carbons (Fsp3) is 0.600. The van der Waals surface area contributed by atoms with Crippen LogP contribution in [0.15, 0.2) is 29.8 Å². The predicted molar refractivity (Wildman–Crippen MR) is 185 cm³/mol. The lowest BCUT2D eigenvalue weighted by Gasteiger charge is -2.30. The van der Waals surface area contributed by atoms with Gasteiger partial charge in [-0.2, -0.15) is 0 Å². The number of nitrogens with zero attached hydrogens (tertiary/aromatic N) is 2. The summed E-state index contributed by atoms with van der Waals surface area (Å²) in [7, 11) is -3.93. The highest BCUT2D eigenvalue weighted by molar-refractivity contribution is 7.90. The van der Waals surface area contributed by atoms with Gasteiger partial charge in [-0.1, -0.05) is 31.1 Å². The van der Waals surface area contributed by atoms with Gasteiger partial charge in [0.15, 0.2) is 5.78 Å². The van der Waals surface area contributed by atoms with Crippen molar-refractivity contribution in [2.24, 2.45) is 0 Å². The van der Waals surface area contributed by atoms with Gasteiger partial charge in [0.1, 0.15) is 35.6 Å². The molecule has 0 aromatic heterocycles. The van der Waals surface area contributed by atoms with E-state index in [1.54, 1.807) is 47.6 Å². The lowest BCUT2D eigenvalue weighted by Crippen LogP contribution is -2.57. The quantitative estimate of drug-likeness (QED) is 0.252. The zero-order valence-corrected chi connectivity index (χ0v) is 31.1. The van der Waals surface area contributed by atoms with Crippen molar-refractivity contribution in [3.63, 3.8) is 0 Å². The maximum atomic E-state index is 14.4. The molecule has 286 valence electrons. The third-order valence-electron chi connectivity index (χ3n) is 8.56. The smallest absolute Gasteiger partial charge is 0.410 e. The molecule has 5 amide bonds. The molecule has 52 heavy (non-hydrogen) atoms. The van der Waals surface area contributed by atoms with Crippen LogP contribution in [0.25, 0.3) is 0 Å². The Morgan fingerprint density at radius 3 is 2.33 bits per heavy atom. The Morgan fingerprint density at radius 2 is 1.73 bits per heavy atom. The van der Waals surface area contributed by atoms with Gasteiger partial charge in [-0.3, -0.25) is 28.8 Å². The van der Waals surface area contributed by atoms with E-state index in [-0.39, 0.29) is 32.5 Å². The van der Waals surface area contributed by atoms with Crippen LogP contribution >= 0.6 is 0 Å². The summed E-state index contributed by atoms with van der Waals surface area (Å²) in [4.78, 5) is 82.6. The summed E-state index contributed by atoms with van der Waals surface area (Å²) < 4.78 is 52.5. The molecule has 1 unspecified atom stereocenters. The van der Waals surface area contributed by atoms with Crippen LogP contribution in [0, 0.1) is 5.82 Å². The number of amides is 5. The molecule has 3 N–H and O–H groups in total. The fourth-order valence-corrected chi connectivity index (χ4v) is 7.38. The van der Waals surface area contributed by atoms with E-state index in [1.807, 2.05) is 4.72 Å². The van der Waals surface area contributed by atoms with Crippen molar-refractivity contribution >= 4 is 45.7 Å². The molecule has 1 saturated heterocycles. The van der Waals surface area contributed by atoms with Crippen LogP contribution in [-0.4, -0.2) is 95.5 Å². The number of alkyl carbamates (subject to hydrolysis) is 1. The monoisotopic (exact) mass is 749 g/mol. The number of ketones is 1. The standard InChI is InChI=1S/C35H48FN5O10S/c1-7-9-27(30(43)39-52(48,49)24-12-13-24)37-31(44)29-16-23(50-34(47)40-17-21-10-8-11-26(36)25(21)19-40)18-41(29)32(45)28(15-22(42)14-20(2)3)38-33(46)51-35(4,5)6/h8,10-11,14,23-24,27-29H,7,9,12-13,15-19H2,1-6H3,(H,37,44)(H,38,46)(H,39,43)/t23-,27?,28+,29+/m1/s1. The van der Waals surface area contributed by atoms with Gasteiger partial charge >= 0.3 is 12.2 Å². The van der Waals surface area contributed by atoms with Crippen LogP contribution in [0.2, 0.25) is 0 Å². The third kappa shape index (κ3) is 10.7. The SMILES string of the molecule is CCCC(NC(=O)[C@@H]1C[C@@H](OC(=O)N2Cc3cccc(F)c3C2)CN1C(=O)[C@H](CC(=O)C=C(C)C)NC(=O)OC(C)(C)C)C(=O)NS(=O)(=O)C1CC1. The molecule has 2 heterocycles. The molecule has 1 aromatic rings. The van der Waals surface area contributed by atoms with Gasteiger partial charge in [0.05, 0.1) is 18.3 Å². The maximum Gasteiger partial charge on any atom is 0.410 e. The minimum absolute atomic E-state index is 0.0496. The summed E-state index contributed by atoms with van der Waals surface area (Å²) in [6.07, 6.45) is -0.996. The van der Waals surface area contributed by atoms with Crippen molar-refractivity contribution < 1.29 is 51.0 Å². The largest absolute Gasteiger partial charge is 0.444 e. The van der Waals surface area contributed by atoms with E-state index in [9.17, 15) is 41.6 Å². The van der Waals surface area contributed by atoms with Crippen molar-refractivity contribution in [3.8, 4) is 0 Å². The molecule has 0 spiro atoms. The van der Waals surface area contributed by atoms with E-state index in [0.29, 0.717) is 36.0 Å². The predicted octanol–water partition coefficient (Wildman–Crippen LogP) is 2.96. The Kier molecular flexibility index (Phi) is 12.7. The van der Waals surface area contributed by atoms with Crippen molar-refractivity contribution in [1.29, 1.82) is 0 Å². The minimum atomic E-state index is -3.93. The van der Waals surface area contributed by atoms with Crippen LogP contribution in [-0.2, 0) is 51.8 Å². The van der Waals surface area contributed by atoms with Gasteiger partial charge in [-0.25, -0.2) is 22.4 Å². The summed E-state index contributed by atoms with van der Waals surface area (Å²) in [5.74, 6) is -3.59. The second-order valence-corrected chi connectivity index (χ2v) is 16.6. The number of fused-ring (bicyclic) bond motifs is 1. The summed E-state index contributed by atoms with van der Waals surface area (Å²) >= 11 is 0. The summed E-state index contributed by atoms with van der Waals surface area (Å²) in [5.41, 5.74) is 0.655. The van der Waals surface area contributed by atoms with E-state index in [2.05, 4.69) is 10.6 Å². The van der Waals surface area contributed by atoms with E-state index in [4.69, 9.17) is 9.47 Å². The highest BCUT2D eigenvalue weighted by Gasteiger charge is 2.46. The average Bonchev–Trinajstić information content (AvgIpc) is 3.67. The summed E-state index contributed by atoms with van der Waals surface area (Å²) in [6.45, 7) is 9.65. The van der Waals surface area contributed by atoms with Crippen LogP contribution in [0.5, 0.6) is 0 Å². The number of halogens is 1. The number of rotatable bonds is 13. The topological polar surface area (TPSA) is 198 Å². The molecule has 1 aliphatic carbocycles. The van der Waals surface area contributed by atoms with E-state index >= 15 is 0 Å². The number of benzene rings is 1. The van der Waals surface area contributed by atoms with E-state index in [1.165, 1.54) is 23.1 Å². The normalized spacial score (nSPS) is 19.5. The Hall–Kier alpha value is -4.54. The summed E-state index contributed by atoms with van der Waals surface area (Å²) in [6, 6.07) is 0.357. The molecule has 0 bridgehead atoms. The first-order chi connectivity index (χ1) is 24.3. The van der Waals surface area contributed by atoms with Crippen molar-refractivity contribution in [1.82, 2.24) is 25.2 Å². The molecule has 1 aromatic carbocycles. The molecule has 3 aliphatic rings.